The fraction of sp³-hybridized carbons (Fsp3) is 0.286. The monoisotopic (exact) mass is 393 g/mol. The molecule has 1 aliphatic rings. The molecule has 8 heteroatoms. The lowest BCUT2D eigenvalue weighted by Gasteiger charge is -2.24. The van der Waals surface area contributed by atoms with Crippen molar-refractivity contribution in [2.24, 2.45) is 5.10 Å². The quantitative estimate of drug-likeness (QED) is 0.531. The van der Waals surface area contributed by atoms with Gasteiger partial charge in [-0.3, -0.25) is 4.79 Å². The Bertz CT molecular complexity index is 961. The van der Waals surface area contributed by atoms with E-state index in [4.69, 9.17) is 10.00 Å². The molecule has 0 saturated heterocycles. The summed E-state index contributed by atoms with van der Waals surface area (Å²) in [6, 6.07) is 6.27. The normalized spacial score (nSPS) is 15.2. The standard InChI is InChI=1S/C21H20FN5O2/c1-14-5-3-7-17(22)20(14)18-8-9-26-27(18)21(28)15(2)6-4-10-29-19-13-24-16(11-23)12-25-19/h3,5,7,9,12-13,18H,2,4,6,8,10H2,1H3. The van der Waals surface area contributed by atoms with Crippen molar-refractivity contribution >= 4 is 12.1 Å². The van der Waals surface area contributed by atoms with Gasteiger partial charge in [-0.1, -0.05) is 18.7 Å². The fourth-order valence-electron chi connectivity index (χ4n) is 3.10. The van der Waals surface area contributed by atoms with Gasteiger partial charge >= 0.3 is 0 Å². The zero-order valence-corrected chi connectivity index (χ0v) is 16.0. The second-order valence-corrected chi connectivity index (χ2v) is 6.58. The highest BCUT2D eigenvalue weighted by Crippen LogP contribution is 2.33. The van der Waals surface area contributed by atoms with Gasteiger partial charge in [0.1, 0.15) is 11.9 Å². The van der Waals surface area contributed by atoms with Crippen molar-refractivity contribution in [3.05, 3.63) is 65.4 Å². The lowest BCUT2D eigenvalue weighted by Crippen LogP contribution is -2.29. The average Bonchev–Trinajstić information content (AvgIpc) is 3.20. The summed E-state index contributed by atoms with van der Waals surface area (Å²) in [7, 11) is 0. The number of hydrazone groups is 1. The summed E-state index contributed by atoms with van der Waals surface area (Å²) in [5.41, 5.74) is 1.84. The Balaban J connectivity index is 1.54. The van der Waals surface area contributed by atoms with E-state index in [1.165, 1.54) is 23.5 Å². The van der Waals surface area contributed by atoms with E-state index in [2.05, 4.69) is 21.6 Å². The second-order valence-electron chi connectivity index (χ2n) is 6.58. The zero-order valence-electron chi connectivity index (χ0n) is 16.0. The first-order chi connectivity index (χ1) is 14.0. The number of hydrogen-bond donors (Lipinski definition) is 0. The van der Waals surface area contributed by atoms with E-state index in [0.29, 0.717) is 42.9 Å². The van der Waals surface area contributed by atoms with Crippen LogP contribution in [0.15, 0.2) is 47.8 Å². The van der Waals surface area contributed by atoms with Gasteiger partial charge in [-0.2, -0.15) is 10.4 Å². The van der Waals surface area contributed by atoms with Crippen molar-refractivity contribution in [1.29, 1.82) is 5.26 Å². The summed E-state index contributed by atoms with van der Waals surface area (Å²) in [6.07, 6.45) is 5.72. The van der Waals surface area contributed by atoms with Crippen LogP contribution in [-0.4, -0.2) is 33.7 Å². The number of hydrogen-bond acceptors (Lipinski definition) is 6. The molecule has 1 aromatic carbocycles. The SMILES string of the molecule is C=C(CCCOc1cnc(C#N)cn1)C(=O)N1N=CCC1c1c(C)cccc1F. The fourth-order valence-corrected chi connectivity index (χ4v) is 3.10. The highest BCUT2D eigenvalue weighted by Gasteiger charge is 2.32. The topological polar surface area (TPSA) is 91.5 Å². The molecule has 1 unspecified atom stereocenters. The van der Waals surface area contributed by atoms with Gasteiger partial charge in [0, 0.05) is 23.8 Å². The van der Waals surface area contributed by atoms with Crippen LogP contribution in [0.3, 0.4) is 0 Å². The highest BCUT2D eigenvalue weighted by molar-refractivity contribution is 5.94. The van der Waals surface area contributed by atoms with Gasteiger partial charge < -0.3 is 4.74 Å². The van der Waals surface area contributed by atoms with Gasteiger partial charge in [-0.25, -0.2) is 19.4 Å². The Labute approximate surface area is 168 Å². The number of benzene rings is 1. The minimum atomic E-state index is -0.467. The van der Waals surface area contributed by atoms with Crippen LogP contribution in [0.25, 0.3) is 0 Å². The highest BCUT2D eigenvalue weighted by atomic mass is 19.1. The van der Waals surface area contributed by atoms with Gasteiger partial charge in [0.05, 0.1) is 25.0 Å². The number of nitriles is 1. The largest absolute Gasteiger partial charge is 0.477 e. The third kappa shape index (κ3) is 4.63. The van der Waals surface area contributed by atoms with Crippen LogP contribution in [0.1, 0.15) is 42.1 Å². The first-order valence-electron chi connectivity index (χ1n) is 9.15. The predicted octanol–water partition coefficient (Wildman–Crippen LogP) is 3.47. The summed E-state index contributed by atoms with van der Waals surface area (Å²) < 4.78 is 19.8. The first kappa shape index (κ1) is 20.1. The summed E-state index contributed by atoms with van der Waals surface area (Å²) in [5, 5.41) is 14.1. The minimum absolute atomic E-state index is 0.210. The van der Waals surface area contributed by atoms with E-state index < -0.39 is 6.04 Å². The van der Waals surface area contributed by atoms with E-state index in [9.17, 15) is 9.18 Å². The third-order valence-corrected chi connectivity index (χ3v) is 4.56. The van der Waals surface area contributed by atoms with Crippen molar-refractivity contribution in [2.45, 2.75) is 32.2 Å². The van der Waals surface area contributed by atoms with Crippen molar-refractivity contribution in [1.82, 2.24) is 15.0 Å². The Morgan fingerprint density at radius 3 is 2.93 bits per heavy atom. The summed E-state index contributed by atoms with van der Waals surface area (Å²) >= 11 is 0. The molecule has 29 heavy (non-hydrogen) atoms. The second kappa shape index (κ2) is 9.06. The van der Waals surface area contributed by atoms with E-state index >= 15 is 0 Å². The Hall–Kier alpha value is -3.60. The Morgan fingerprint density at radius 2 is 2.24 bits per heavy atom. The molecule has 7 nitrogen and oxygen atoms in total. The van der Waals surface area contributed by atoms with Crippen LogP contribution >= 0.6 is 0 Å². The molecule has 1 aromatic heterocycles. The molecule has 1 aliphatic heterocycles. The molecule has 0 N–H and O–H groups in total. The third-order valence-electron chi connectivity index (χ3n) is 4.56. The van der Waals surface area contributed by atoms with Crippen LogP contribution in [0.4, 0.5) is 4.39 Å². The number of nitrogens with zero attached hydrogens (tertiary/aromatic N) is 5. The Kier molecular flexibility index (Phi) is 6.29. The van der Waals surface area contributed by atoms with Gasteiger partial charge in [0.25, 0.3) is 5.91 Å². The number of carbonyl (C=O) groups excluding carboxylic acids is 1. The van der Waals surface area contributed by atoms with Crippen LogP contribution in [0.5, 0.6) is 5.88 Å². The van der Waals surface area contributed by atoms with Crippen molar-refractivity contribution in [3.8, 4) is 11.9 Å². The summed E-state index contributed by atoms with van der Waals surface area (Å²) in [4.78, 5) is 20.6. The Morgan fingerprint density at radius 1 is 1.41 bits per heavy atom. The molecule has 1 amide bonds. The van der Waals surface area contributed by atoms with Crippen molar-refractivity contribution < 1.29 is 13.9 Å². The van der Waals surface area contributed by atoms with Gasteiger partial charge in [-0.05, 0) is 31.4 Å². The molecule has 0 fully saturated rings. The first-order valence-corrected chi connectivity index (χ1v) is 9.15. The van der Waals surface area contributed by atoms with Crippen LogP contribution in [0.2, 0.25) is 0 Å². The molecule has 0 aliphatic carbocycles. The van der Waals surface area contributed by atoms with Gasteiger partial charge in [-0.15, -0.1) is 0 Å². The van der Waals surface area contributed by atoms with E-state index in [1.807, 2.05) is 19.1 Å². The molecule has 0 bridgehead atoms. The molecule has 0 radical (unpaired) electrons. The number of aromatic nitrogens is 2. The van der Waals surface area contributed by atoms with Gasteiger partial charge in [0.15, 0.2) is 5.69 Å². The maximum absolute atomic E-state index is 14.3. The molecule has 0 spiro atoms. The maximum Gasteiger partial charge on any atom is 0.269 e. The molecule has 3 rings (SSSR count). The van der Waals surface area contributed by atoms with Gasteiger partial charge in [0.2, 0.25) is 5.88 Å². The number of aryl methyl sites for hydroxylation is 1. The maximum atomic E-state index is 14.3. The molecule has 148 valence electrons. The lowest BCUT2D eigenvalue weighted by atomic mass is 9.98. The summed E-state index contributed by atoms with van der Waals surface area (Å²) in [5.74, 6) is -0.370. The lowest BCUT2D eigenvalue weighted by molar-refractivity contribution is -0.129. The van der Waals surface area contributed by atoms with Crippen LogP contribution in [0, 0.1) is 24.1 Å². The molecule has 1 atom stereocenters. The number of halogens is 1. The number of carbonyl (C=O) groups is 1. The number of ether oxygens (including phenoxy) is 1. The predicted molar refractivity (Wildman–Crippen MR) is 104 cm³/mol. The number of amides is 1. The average molecular weight is 393 g/mol. The van der Waals surface area contributed by atoms with E-state index in [1.54, 1.807) is 12.3 Å². The van der Waals surface area contributed by atoms with Crippen LogP contribution in [-0.2, 0) is 4.79 Å². The molecular weight excluding hydrogens is 373 g/mol. The number of rotatable bonds is 7. The smallest absolute Gasteiger partial charge is 0.269 e. The van der Waals surface area contributed by atoms with Crippen molar-refractivity contribution in [3.63, 3.8) is 0 Å². The summed E-state index contributed by atoms with van der Waals surface area (Å²) in [6.45, 7) is 5.99. The molecule has 0 saturated carbocycles. The molecule has 2 heterocycles. The van der Waals surface area contributed by atoms with E-state index in [0.717, 1.165) is 5.56 Å². The zero-order chi connectivity index (χ0) is 20.8. The minimum Gasteiger partial charge on any atom is -0.477 e. The van der Waals surface area contributed by atoms with Crippen LogP contribution < -0.4 is 4.74 Å². The van der Waals surface area contributed by atoms with E-state index in [-0.39, 0.29) is 17.4 Å². The van der Waals surface area contributed by atoms with Crippen molar-refractivity contribution in [2.75, 3.05) is 6.61 Å². The molecule has 2 aromatic rings. The molecular formula is C21H20FN5O2.